The molecule has 0 saturated heterocycles. The van der Waals surface area contributed by atoms with Crippen molar-refractivity contribution >= 4 is 11.8 Å². The number of halogens is 1. The van der Waals surface area contributed by atoms with E-state index in [1.54, 1.807) is 18.3 Å². The summed E-state index contributed by atoms with van der Waals surface area (Å²) in [6.07, 6.45) is 1.72. The maximum Gasteiger partial charge on any atom is 0.237 e. The van der Waals surface area contributed by atoms with Gasteiger partial charge in [-0.15, -0.1) is 0 Å². The summed E-state index contributed by atoms with van der Waals surface area (Å²) in [6, 6.07) is 13.8. The van der Waals surface area contributed by atoms with Gasteiger partial charge in [0, 0.05) is 0 Å². The molecule has 0 bridgehead atoms. The number of benzene rings is 2. The van der Waals surface area contributed by atoms with E-state index in [2.05, 4.69) is 20.1 Å². The van der Waals surface area contributed by atoms with Crippen LogP contribution >= 0.6 is 11.8 Å². The molecule has 6 nitrogen and oxygen atoms in total. The first-order valence-electron chi connectivity index (χ1n) is 8.71. The molecule has 0 amide bonds. The molecule has 4 aromatic rings. The molecule has 4 rings (SSSR count). The second kappa shape index (κ2) is 8.26. The lowest BCUT2D eigenvalue weighted by molar-refractivity contribution is 0.341. The van der Waals surface area contributed by atoms with Crippen molar-refractivity contribution in [2.24, 2.45) is 0 Å². The Morgan fingerprint density at radius 1 is 1.14 bits per heavy atom. The first kappa shape index (κ1) is 18.2. The molecule has 0 spiro atoms. The van der Waals surface area contributed by atoms with Gasteiger partial charge in [-0.2, -0.15) is 4.98 Å². The predicted molar refractivity (Wildman–Crippen MR) is 104 cm³/mol. The highest BCUT2D eigenvalue weighted by molar-refractivity contribution is 7.98. The van der Waals surface area contributed by atoms with Crippen LogP contribution in [0, 0.1) is 5.82 Å². The van der Waals surface area contributed by atoms with E-state index >= 15 is 0 Å². The largest absolute Gasteiger partial charge is 0.493 e. The normalized spacial score (nSPS) is 10.9. The molecule has 0 fully saturated rings. The number of hydrogen-bond donors (Lipinski definition) is 1. The van der Waals surface area contributed by atoms with Gasteiger partial charge in [0.15, 0.2) is 5.16 Å². The van der Waals surface area contributed by atoms with E-state index in [1.165, 1.54) is 23.9 Å². The molecular formula is C20H17FN4O2S. The maximum atomic E-state index is 13.0. The molecule has 0 unspecified atom stereocenters. The summed E-state index contributed by atoms with van der Waals surface area (Å²) in [4.78, 5) is 12.0. The van der Waals surface area contributed by atoms with E-state index < -0.39 is 0 Å². The van der Waals surface area contributed by atoms with E-state index in [9.17, 15) is 4.39 Å². The minimum Gasteiger partial charge on any atom is -0.493 e. The number of aromatic amines is 1. The fourth-order valence-corrected chi connectivity index (χ4v) is 3.32. The number of rotatable bonds is 7. The van der Waals surface area contributed by atoms with Crippen LogP contribution in [0.25, 0.3) is 22.6 Å². The summed E-state index contributed by atoms with van der Waals surface area (Å²) in [6.45, 7) is 2.49. The van der Waals surface area contributed by atoms with Crippen molar-refractivity contribution in [3.63, 3.8) is 0 Å². The van der Waals surface area contributed by atoms with E-state index in [-0.39, 0.29) is 5.82 Å². The van der Waals surface area contributed by atoms with Crippen LogP contribution in [0.4, 0.5) is 4.39 Å². The van der Waals surface area contributed by atoms with Crippen LogP contribution in [0.1, 0.15) is 12.8 Å². The van der Waals surface area contributed by atoms with Crippen LogP contribution in [0.15, 0.2) is 64.4 Å². The van der Waals surface area contributed by atoms with Gasteiger partial charge in [0.05, 0.1) is 29.8 Å². The number of ether oxygens (including phenoxy) is 1. The second-order valence-corrected chi connectivity index (χ2v) is 6.80. The maximum absolute atomic E-state index is 13.0. The fourth-order valence-electron chi connectivity index (χ4n) is 2.64. The number of aromatic nitrogens is 4. The average molecular weight is 396 g/mol. The summed E-state index contributed by atoms with van der Waals surface area (Å²) in [5.74, 6) is 1.91. The van der Waals surface area contributed by atoms with E-state index in [0.29, 0.717) is 29.2 Å². The third-order valence-corrected chi connectivity index (χ3v) is 4.81. The van der Waals surface area contributed by atoms with Crippen molar-refractivity contribution < 1.29 is 13.7 Å². The lowest BCUT2D eigenvalue weighted by Gasteiger charge is -2.05. The molecule has 0 aliphatic rings. The van der Waals surface area contributed by atoms with Crippen molar-refractivity contribution in [2.45, 2.75) is 17.8 Å². The standard InChI is InChI=1S/C20H17FN4O2S/c1-2-26-17-6-4-3-5-15(17)19-24-18(27-25-19)12-28-20-22-11-16(23-20)13-7-9-14(21)10-8-13/h3-11H,2,12H2,1H3,(H,22,23). The van der Waals surface area contributed by atoms with Gasteiger partial charge in [0.1, 0.15) is 11.6 Å². The zero-order chi connectivity index (χ0) is 19.3. The smallest absolute Gasteiger partial charge is 0.237 e. The Balaban J connectivity index is 1.44. The predicted octanol–water partition coefficient (Wildman–Crippen LogP) is 4.96. The number of imidazole rings is 1. The molecule has 2 aromatic heterocycles. The molecule has 0 saturated carbocycles. The van der Waals surface area contributed by atoms with Crippen LogP contribution in [0.3, 0.4) is 0 Å². The van der Waals surface area contributed by atoms with Crippen LogP contribution in [-0.4, -0.2) is 26.7 Å². The summed E-state index contributed by atoms with van der Waals surface area (Å²) in [5, 5.41) is 4.77. The number of nitrogens with one attached hydrogen (secondary N) is 1. The summed E-state index contributed by atoms with van der Waals surface area (Å²) in [5.41, 5.74) is 2.48. The number of nitrogens with zero attached hydrogens (tertiary/aromatic N) is 3. The third kappa shape index (κ3) is 4.07. The quantitative estimate of drug-likeness (QED) is 0.445. The highest BCUT2D eigenvalue weighted by Crippen LogP contribution is 2.29. The zero-order valence-electron chi connectivity index (χ0n) is 15.1. The van der Waals surface area contributed by atoms with Gasteiger partial charge in [-0.25, -0.2) is 9.37 Å². The highest BCUT2D eigenvalue weighted by atomic mass is 32.2. The summed E-state index contributed by atoms with van der Waals surface area (Å²) < 4.78 is 24.0. The molecule has 0 aliphatic carbocycles. The van der Waals surface area contributed by atoms with Crippen molar-refractivity contribution in [1.29, 1.82) is 0 Å². The molecular weight excluding hydrogens is 379 g/mol. The van der Waals surface area contributed by atoms with Crippen LogP contribution < -0.4 is 4.74 Å². The van der Waals surface area contributed by atoms with E-state index in [0.717, 1.165) is 22.6 Å². The van der Waals surface area contributed by atoms with Crippen molar-refractivity contribution in [2.75, 3.05) is 6.61 Å². The van der Waals surface area contributed by atoms with Gasteiger partial charge in [-0.05, 0) is 48.9 Å². The third-order valence-electron chi connectivity index (χ3n) is 3.94. The molecule has 0 radical (unpaired) electrons. The molecule has 28 heavy (non-hydrogen) atoms. The van der Waals surface area contributed by atoms with E-state index in [4.69, 9.17) is 9.26 Å². The molecule has 2 heterocycles. The Morgan fingerprint density at radius 3 is 2.79 bits per heavy atom. The monoisotopic (exact) mass is 396 g/mol. The molecule has 0 aliphatic heterocycles. The average Bonchev–Trinajstić information content (AvgIpc) is 3.37. The Bertz CT molecular complexity index is 1060. The van der Waals surface area contributed by atoms with Gasteiger partial charge in [-0.1, -0.05) is 29.1 Å². The summed E-state index contributed by atoms with van der Waals surface area (Å²) in [7, 11) is 0. The van der Waals surface area contributed by atoms with Gasteiger partial charge >= 0.3 is 0 Å². The minimum absolute atomic E-state index is 0.268. The molecule has 1 N–H and O–H groups in total. The van der Waals surface area contributed by atoms with Crippen molar-refractivity contribution in [1.82, 2.24) is 20.1 Å². The summed E-state index contributed by atoms with van der Waals surface area (Å²) >= 11 is 1.45. The van der Waals surface area contributed by atoms with Crippen LogP contribution in [0.5, 0.6) is 5.75 Å². The Labute approximate surface area is 165 Å². The second-order valence-electron chi connectivity index (χ2n) is 5.84. The number of hydrogen-bond acceptors (Lipinski definition) is 6. The van der Waals surface area contributed by atoms with Gasteiger partial charge in [-0.3, -0.25) is 0 Å². The number of thioether (sulfide) groups is 1. The molecule has 8 heteroatoms. The lowest BCUT2D eigenvalue weighted by atomic mass is 10.2. The number of H-pyrrole nitrogens is 1. The first-order chi connectivity index (χ1) is 13.7. The lowest BCUT2D eigenvalue weighted by Crippen LogP contribution is -1.94. The highest BCUT2D eigenvalue weighted by Gasteiger charge is 2.14. The fraction of sp³-hybridized carbons (Fsp3) is 0.150. The van der Waals surface area contributed by atoms with Gasteiger partial charge in [0.2, 0.25) is 11.7 Å². The van der Waals surface area contributed by atoms with Crippen LogP contribution in [-0.2, 0) is 5.75 Å². The van der Waals surface area contributed by atoms with E-state index in [1.807, 2.05) is 31.2 Å². The molecule has 0 atom stereocenters. The van der Waals surface area contributed by atoms with Crippen molar-refractivity contribution in [3.05, 3.63) is 66.4 Å². The van der Waals surface area contributed by atoms with Gasteiger partial charge < -0.3 is 14.2 Å². The van der Waals surface area contributed by atoms with Crippen LogP contribution in [0.2, 0.25) is 0 Å². The van der Waals surface area contributed by atoms with Crippen molar-refractivity contribution in [3.8, 4) is 28.4 Å². The SMILES string of the molecule is CCOc1ccccc1-c1noc(CSc2ncc(-c3ccc(F)cc3)[nH]2)n1. The Morgan fingerprint density at radius 2 is 1.96 bits per heavy atom. The Hall–Kier alpha value is -3.13. The molecule has 142 valence electrons. The molecule has 2 aromatic carbocycles. The topological polar surface area (TPSA) is 76.8 Å². The Kier molecular flexibility index (Phi) is 5.38. The number of para-hydroxylation sites is 1. The van der Waals surface area contributed by atoms with Gasteiger partial charge in [0.25, 0.3) is 0 Å². The minimum atomic E-state index is -0.268. The zero-order valence-corrected chi connectivity index (χ0v) is 15.9. The first-order valence-corrected chi connectivity index (χ1v) is 9.70.